The van der Waals surface area contributed by atoms with Crippen LogP contribution in [0.5, 0.6) is 0 Å². The van der Waals surface area contributed by atoms with E-state index in [1.165, 1.54) is 31.0 Å². The lowest BCUT2D eigenvalue weighted by atomic mass is 10.1. The van der Waals surface area contributed by atoms with Gasteiger partial charge in [0.15, 0.2) is 5.65 Å². The maximum Gasteiger partial charge on any atom is 0.254 e. The summed E-state index contributed by atoms with van der Waals surface area (Å²) < 4.78 is 15.8. The molecule has 1 aliphatic carbocycles. The Labute approximate surface area is 180 Å². The Kier molecular flexibility index (Phi) is 6.04. The van der Waals surface area contributed by atoms with E-state index in [4.69, 9.17) is 16.6 Å². The highest BCUT2D eigenvalue weighted by atomic mass is 35.5. The van der Waals surface area contributed by atoms with E-state index in [9.17, 15) is 9.18 Å². The minimum Gasteiger partial charge on any atom is -0.331 e. The molecule has 0 N–H and O–H groups in total. The summed E-state index contributed by atoms with van der Waals surface area (Å²) in [6, 6.07) is 8.32. The number of pyridine rings is 1. The quantitative estimate of drug-likeness (QED) is 0.510. The zero-order chi connectivity index (χ0) is 21.3. The Balaban J connectivity index is 1.71. The minimum atomic E-state index is -0.530. The van der Waals surface area contributed by atoms with Crippen molar-refractivity contribution in [3.63, 3.8) is 0 Å². The Hall–Kier alpha value is -2.47. The molecule has 1 amide bonds. The maximum absolute atomic E-state index is 13.6. The van der Waals surface area contributed by atoms with Crippen LogP contribution in [-0.4, -0.2) is 31.9 Å². The number of aromatic nitrogens is 3. The number of halogens is 2. The smallest absolute Gasteiger partial charge is 0.254 e. The number of amides is 1. The standard InChI is InChI=1S/C23H26ClFN4O/c1-15(2)13-28(23(30)16-9-10-19(25)18(24)12-16)14-21-27-20-8-5-11-26-22(20)29(21)17-6-3-4-7-17/h5,8-12,15,17H,3-4,6-7,13-14H2,1-2H3. The molecule has 1 aromatic carbocycles. The molecular formula is C23H26ClFN4O. The van der Waals surface area contributed by atoms with E-state index in [0.29, 0.717) is 24.7 Å². The van der Waals surface area contributed by atoms with Gasteiger partial charge in [0.1, 0.15) is 17.2 Å². The molecule has 0 radical (unpaired) electrons. The van der Waals surface area contributed by atoms with Gasteiger partial charge in [-0.05, 0) is 49.1 Å². The van der Waals surface area contributed by atoms with Gasteiger partial charge in [-0.3, -0.25) is 4.79 Å². The normalized spacial score (nSPS) is 14.7. The molecule has 7 heteroatoms. The Morgan fingerprint density at radius 2 is 2.07 bits per heavy atom. The van der Waals surface area contributed by atoms with Crippen LogP contribution in [0.1, 0.15) is 61.8 Å². The van der Waals surface area contributed by atoms with E-state index in [1.54, 1.807) is 11.1 Å². The summed E-state index contributed by atoms with van der Waals surface area (Å²) in [5.74, 6) is 0.409. The first kappa shape index (κ1) is 20.8. The van der Waals surface area contributed by atoms with Crippen molar-refractivity contribution in [2.24, 2.45) is 5.92 Å². The van der Waals surface area contributed by atoms with Crippen LogP contribution in [0.2, 0.25) is 5.02 Å². The Morgan fingerprint density at radius 3 is 2.77 bits per heavy atom. The van der Waals surface area contributed by atoms with E-state index in [0.717, 1.165) is 29.8 Å². The number of carbonyl (C=O) groups excluding carboxylic acids is 1. The molecule has 0 aliphatic heterocycles. The predicted octanol–water partition coefficient (Wildman–Crippen LogP) is 5.64. The third-order valence-corrected chi connectivity index (χ3v) is 5.87. The number of hydrogen-bond acceptors (Lipinski definition) is 3. The monoisotopic (exact) mass is 428 g/mol. The second-order valence-electron chi connectivity index (χ2n) is 8.39. The minimum absolute atomic E-state index is 0.0484. The first-order valence-electron chi connectivity index (χ1n) is 10.5. The summed E-state index contributed by atoms with van der Waals surface area (Å²) in [5.41, 5.74) is 2.10. The fourth-order valence-electron chi connectivity index (χ4n) is 4.28. The van der Waals surface area contributed by atoms with Crippen LogP contribution in [-0.2, 0) is 6.54 Å². The average molecular weight is 429 g/mol. The van der Waals surface area contributed by atoms with Crippen molar-refractivity contribution >= 4 is 28.7 Å². The van der Waals surface area contributed by atoms with Crippen molar-refractivity contribution in [3.8, 4) is 0 Å². The first-order valence-corrected chi connectivity index (χ1v) is 10.9. The van der Waals surface area contributed by atoms with E-state index in [-0.39, 0.29) is 16.8 Å². The summed E-state index contributed by atoms with van der Waals surface area (Å²) in [7, 11) is 0. The molecule has 0 bridgehead atoms. The molecule has 1 saturated carbocycles. The Morgan fingerprint density at radius 1 is 1.30 bits per heavy atom. The molecule has 0 atom stereocenters. The topological polar surface area (TPSA) is 51.0 Å². The lowest BCUT2D eigenvalue weighted by molar-refractivity contribution is 0.0715. The highest BCUT2D eigenvalue weighted by Crippen LogP contribution is 2.33. The molecule has 3 aromatic rings. The van der Waals surface area contributed by atoms with Crippen molar-refractivity contribution < 1.29 is 9.18 Å². The summed E-state index contributed by atoms with van der Waals surface area (Å²) in [6.45, 7) is 5.08. The molecule has 30 heavy (non-hydrogen) atoms. The molecule has 4 rings (SSSR count). The maximum atomic E-state index is 13.6. The fourth-order valence-corrected chi connectivity index (χ4v) is 4.46. The van der Waals surface area contributed by atoms with Gasteiger partial charge >= 0.3 is 0 Å². The van der Waals surface area contributed by atoms with Crippen LogP contribution in [0.15, 0.2) is 36.5 Å². The van der Waals surface area contributed by atoms with Crippen LogP contribution in [0.25, 0.3) is 11.2 Å². The molecule has 5 nitrogen and oxygen atoms in total. The van der Waals surface area contributed by atoms with Crippen LogP contribution in [0.4, 0.5) is 4.39 Å². The number of hydrogen-bond donors (Lipinski definition) is 0. The van der Waals surface area contributed by atoms with Gasteiger partial charge in [0.25, 0.3) is 5.91 Å². The van der Waals surface area contributed by atoms with Crippen LogP contribution < -0.4 is 0 Å². The van der Waals surface area contributed by atoms with Gasteiger partial charge in [-0.15, -0.1) is 0 Å². The molecule has 0 spiro atoms. The van der Waals surface area contributed by atoms with Gasteiger partial charge in [-0.25, -0.2) is 14.4 Å². The molecular weight excluding hydrogens is 403 g/mol. The number of rotatable bonds is 6. The fraction of sp³-hybridized carbons (Fsp3) is 0.435. The molecule has 0 saturated heterocycles. The number of benzene rings is 1. The van der Waals surface area contributed by atoms with E-state index < -0.39 is 5.82 Å². The second kappa shape index (κ2) is 8.72. The van der Waals surface area contributed by atoms with Crippen molar-refractivity contribution in [2.45, 2.75) is 52.1 Å². The van der Waals surface area contributed by atoms with Gasteiger partial charge in [0.05, 0.1) is 11.6 Å². The van der Waals surface area contributed by atoms with Crippen molar-refractivity contribution in [3.05, 3.63) is 58.8 Å². The molecule has 158 valence electrons. The summed E-state index contributed by atoms with van der Waals surface area (Å²) in [6.07, 6.45) is 6.37. The van der Waals surface area contributed by atoms with E-state index in [1.807, 2.05) is 12.1 Å². The number of imidazole rings is 1. The third-order valence-electron chi connectivity index (χ3n) is 5.58. The summed E-state index contributed by atoms with van der Waals surface area (Å²) >= 11 is 5.92. The van der Waals surface area contributed by atoms with Gasteiger partial charge in [0.2, 0.25) is 0 Å². The Bertz CT molecular complexity index is 1060. The number of nitrogens with zero attached hydrogens (tertiary/aromatic N) is 4. The lowest BCUT2D eigenvalue weighted by Gasteiger charge is -2.26. The molecule has 1 fully saturated rings. The predicted molar refractivity (Wildman–Crippen MR) is 116 cm³/mol. The van der Waals surface area contributed by atoms with Gasteiger partial charge < -0.3 is 9.47 Å². The van der Waals surface area contributed by atoms with Crippen molar-refractivity contribution in [1.82, 2.24) is 19.4 Å². The van der Waals surface area contributed by atoms with Crippen molar-refractivity contribution in [2.75, 3.05) is 6.54 Å². The zero-order valence-corrected chi connectivity index (χ0v) is 18.1. The van der Waals surface area contributed by atoms with E-state index >= 15 is 0 Å². The number of fused-ring (bicyclic) bond motifs is 1. The van der Waals surface area contributed by atoms with Crippen molar-refractivity contribution in [1.29, 1.82) is 0 Å². The van der Waals surface area contributed by atoms with E-state index in [2.05, 4.69) is 23.4 Å². The number of carbonyl (C=O) groups is 1. The second-order valence-corrected chi connectivity index (χ2v) is 8.80. The highest BCUT2D eigenvalue weighted by Gasteiger charge is 2.26. The average Bonchev–Trinajstić information content (AvgIpc) is 3.35. The molecule has 1 aliphatic rings. The van der Waals surface area contributed by atoms with Gasteiger partial charge in [-0.2, -0.15) is 0 Å². The SMILES string of the molecule is CC(C)CN(Cc1nc2cccnc2n1C1CCCC1)C(=O)c1ccc(F)c(Cl)c1. The third kappa shape index (κ3) is 4.19. The van der Waals surface area contributed by atoms with Crippen LogP contribution >= 0.6 is 11.6 Å². The summed E-state index contributed by atoms with van der Waals surface area (Å²) in [5, 5.41) is -0.0484. The molecule has 2 heterocycles. The van der Waals surface area contributed by atoms with Crippen LogP contribution in [0, 0.1) is 11.7 Å². The van der Waals surface area contributed by atoms with Crippen LogP contribution in [0.3, 0.4) is 0 Å². The largest absolute Gasteiger partial charge is 0.331 e. The molecule has 0 unspecified atom stereocenters. The zero-order valence-electron chi connectivity index (χ0n) is 17.3. The highest BCUT2D eigenvalue weighted by molar-refractivity contribution is 6.31. The molecule has 2 aromatic heterocycles. The lowest BCUT2D eigenvalue weighted by Crippen LogP contribution is -2.35. The first-order chi connectivity index (χ1) is 14.4. The van der Waals surface area contributed by atoms with Gasteiger partial charge in [0, 0.05) is 24.3 Å². The van der Waals surface area contributed by atoms with Gasteiger partial charge in [-0.1, -0.05) is 38.3 Å². The summed E-state index contributed by atoms with van der Waals surface area (Å²) in [4.78, 5) is 24.5.